The molecular weight excluding hydrogens is 338 g/mol. The highest BCUT2D eigenvalue weighted by atomic mass is 32.1. The second-order valence-electron chi connectivity index (χ2n) is 8.86. The van der Waals surface area contributed by atoms with Gasteiger partial charge in [-0.1, -0.05) is 49.6 Å². The molecule has 0 amide bonds. The van der Waals surface area contributed by atoms with Crippen molar-refractivity contribution in [2.45, 2.75) is 82.7 Å². The average molecular weight is 372 g/mol. The van der Waals surface area contributed by atoms with E-state index < -0.39 is 0 Å². The van der Waals surface area contributed by atoms with Crippen LogP contribution in [0.2, 0.25) is 0 Å². The fourth-order valence-electron chi connectivity index (χ4n) is 5.47. The van der Waals surface area contributed by atoms with Crippen LogP contribution in [0.15, 0.2) is 30.3 Å². The zero-order valence-corrected chi connectivity index (χ0v) is 16.7. The Balaban J connectivity index is 1.23. The Bertz CT molecular complexity index is 587. The molecule has 4 rings (SSSR count). The number of ether oxygens (including phenoxy) is 1. The van der Waals surface area contributed by atoms with E-state index in [1.165, 1.54) is 76.2 Å². The van der Waals surface area contributed by atoms with Gasteiger partial charge in [0.2, 0.25) is 0 Å². The number of benzene rings is 1. The SMILES string of the molecule is S=C(NCC1CCCCC1)OC1CCC12CCC(c1ccccc1)CC2. The molecule has 0 bridgehead atoms. The fourth-order valence-corrected chi connectivity index (χ4v) is 5.67. The Morgan fingerprint density at radius 3 is 2.31 bits per heavy atom. The molecular formula is C23H33NOS. The van der Waals surface area contributed by atoms with Gasteiger partial charge in [0.25, 0.3) is 5.17 Å². The van der Waals surface area contributed by atoms with Gasteiger partial charge in [0.15, 0.2) is 0 Å². The molecule has 26 heavy (non-hydrogen) atoms. The van der Waals surface area contributed by atoms with Gasteiger partial charge in [0, 0.05) is 12.0 Å². The molecule has 0 saturated heterocycles. The van der Waals surface area contributed by atoms with Crippen LogP contribution in [0.25, 0.3) is 0 Å². The fraction of sp³-hybridized carbons (Fsp3) is 0.696. The molecule has 3 fully saturated rings. The van der Waals surface area contributed by atoms with Gasteiger partial charge in [-0.05, 0) is 81.0 Å². The van der Waals surface area contributed by atoms with Crippen LogP contribution in [-0.2, 0) is 4.74 Å². The van der Waals surface area contributed by atoms with E-state index in [1.807, 2.05) is 0 Å². The average Bonchev–Trinajstić information content (AvgIpc) is 2.71. The Morgan fingerprint density at radius 2 is 1.65 bits per heavy atom. The van der Waals surface area contributed by atoms with Gasteiger partial charge in [-0.3, -0.25) is 0 Å². The highest BCUT2D eigenvalue weighted by Crippen LogP contribution is 2.55. The largest absolute Gasteiger partial charge is 0.467 e. The topological polar surface area (TPSA) is 21.3 Å². The van der Waals surface area contributed by atoms with Crippen molar-refractivity contribution in [1.82, 2.24) is 5.32 Å². The summed E-state index contributed by atoms with van der Waals surface area (Å²) in [5.74, 6) is 1.53. The molecule has 1 aromatic rings. The Hall–Kier alpha value is -1.09. The van der Waals surface area contributed by atoms with Gasteiger partial charge in [-0.15, -0.1) is 0 Å². The van der Waals surface area contributed by atoms with E-state index in [9.17, 15) is 0 Å². The van der Waals surface area contributed by atoms with Crippen molar-refractivity contribution in [2.75, 3.05) is 6.54 Å². The van der Waals surface area contributed by atoms with Crippen LogP contribution in [-0.4, -0.2) is 17.8 Å². The van der Waals surface area contributed by atoms with Crippen molar-refractivity contribution in [1.29, 1.82) is 0 Å². The molecule has 1 spiro atoms. The molecule has 1 aromatic carbocycles. The second-order valence-corrected chi connectivity index (χ2v) is 9.24. The summed E-state index contributed by atoms with van der Waals surface area (Å²) in [5.41, 5.74) is 1.92. The smallest absolute Gasteiger partial charge is 0.256 e. The maximum Gasteiger partial charge on any atom is 0.256 e. The monoisotopic (exact) mass is 371 g/mol. The Morgan fingerprint density at radius 1 is 0.962 bits per heavy atom. The lowest BCUT2D eigenvalue weighted by molar-refractivity contribution is -0.0810. The zero-order valence-electron chi connectivity index (χ0n) is 15.9. The van der Waals surface area contributed by atoms with Crippen molar-refractivity contribution in [3.8, 4) is 0 Å². The Kier molecular flexibility index (Phi) is 5.83. The molecule has 0 radical (unpaired) electrons. The Labute approximate surface area is 164 Å². The van der Waals surface area contributed by atoms with Crippen molar-refractivity contribution in [3.05, 3.63) is 35.9 Å². The maximum atomic E-state index is 6.23. The molecule has 0 heterocycles. The molecule has 3 aliphatic rings. The molecule has 1 atom stereocenters. The summed E-state index contributed by atoms with van der Waals surface area (Å²) < 4.78 is 6.23. The first-order valence-electron chi connectivity index (χ1n) is 10.7. The zero-order chi connectivity index (χ0) is 17.8. The van der Waals surface area contributed by atoms with Crippen LogP contribution < -0.4 is 5.32 Å². The van der Waals surface area contributed by atoms with Crippen LogP contribution in [0, 0.1) is 11.3 Å². The van der Waals surface area contributed by atoms with E-state index in [0.717, 1.165) is 18.4 Å². The number of thiocarbonyl (C=S) groups is 1. The first-order chi connectivity index (χ1) is 12.8. The minimum Gasteiger partial charge on any atom is -0.467 e. The van der Waals surface area contributed by atoms with Crippen molar-refractivity contribution < 1.29 is 4.74 Å². The van der Waals surface area contributed by atoms with Gasteiger partial charge < -0.3 is 10.1 Å². The summed E-state index contributed by atoms with van der Waals surface area (Å²) in [7, 11) is 0. The van der Waals surface area contributed by atoms with E-state index >= 15 is 0 Å². The minimum absolute atomic E-state index is 0.352. The maximum absolute atomic E-state index is 6.23. The molecule has 142 valence electrons. The molecule has 1 unspecified atom stereocenters. The van der Waals surface area contributed by atoms with Gasteiger partial charge in [0.1, 0.15) is 6.10 Å². The third-order valence-electron chi connectivity index (χ3n) is 7.35. The molecule has 0 aromatic heterocycles. The van der Waals surface area contributed by atoms with Crippen LogP contribution in [0.1, 0.15) is 82.1 Å². The van der Waals surface area contributed by atoms with Gasteiger partial charge in [0.05, 0.1) is 0 Å². The number of rotatable bonds is 4. The normalized spacial score (nSPS) is 32.0. The lowest BCUT2D eigenvalue weighted by Crippen LogP contribution is -2.50. The first-order valence-corrected chi connectivity index (χ1v) is 11.2. The molecule has 3 heteroatoms. The van der Waals surface area contributed by atoms with Crippen molar-refractivity contribution in [3.63, 3.8) is 0 Å². The standard InChI is InChI=1S/C23H33NOS/c26-22(24-17-18-7-3-1-4-8-18)25-21-13-16-23(21)14-11-20(12-15-23)19-9-5-2-6-10-19/h2,5-6,9-10,18,20-21H,1,3-4,7-8,11-17H2,(H,24,26). The second kappa shape index (κ2) is 8.29. The summed E-state index contributed by atoms with van der Waals surface area (Å²) in [6.45, 7) is 1.01. The lowest BCUT2D eigenvalue weighted by atomic mass is 9.56. The van der Waals surface area contributed by atoms with Crippen LogP contribution in [0.4, 0.5) is 0 Å². The van der Waals surface area contributed by atoms with Crippen LogP contribution in [0.3, 0.4) is 0 Å². The first kappa shape index (κ1) is 18.3. The van der Waals surface area contributed by atoms with Crippen molar-refractivity contribution in [2.24, 2.45) is 11.3 Å². The lowest BCUT2D eigenvalue weighted by Gasteiger charge is -2.52. The third-order valence-corrected chi connectivity index (χ3v) is 7.59. The summed E-state index contributed by atoms with van der Waals surface area (Å²) in [6, 6.07) is 11.0. The van der Waals surface area contributed by atoms with E-state index in [1.54, 1.807) is 0 Å². The van der Waals surface area contributed by atoms with Gasteiger partial charge >= 0.3 is 0 Å². The van der Waals surface area contributed by atoms with E-state index in [2.05, 4.69) is 35.6 Å². The summed E-state index contributed by atoms with van der Waals surface area (Å²) in [6.07, 6.45) is 14.9. The number of hydrogen-bond donors (Lipinski definition) is 1. The summed E-state index contributed by atoms with van der Waals surface area (Å²) >= 11 is 5.52. The van der Waals surface area contributed by atoms with Crippen LogP contribution in [0.5, 0.6) is 0 Å². The predicted molar refractivity (Wildman–Crippen MR) is 111 cm³/mol. The highest BCUT2D eigenvalue weighted by molar-refractivity contribution is 7.80. The van der Waals surface area contributed by atoms with Gasteiger partial charge in [-0.25, -0.2) is 0 Å². The third kappa shape index (κ3) is 4.08. The van der Waals surface area contributed by atoms with E-state index in [-0.39, 0.29) is 0 Å². The van der Waals surface area contributed by atoms with Crippen LogP contribution >= 0.6 is 12.2 Å². The molecule has 1 N–H and O–H groups in total. The van der Waals surface area contributed by atoms with Gasteiger partial charge in [-0.2, -0.15) is 0 Å². The highest BCUT2D eigenvalue weighted by Gasteiger charge is 2.50. The number of hydrogen-bond acceptors (Lipinski definition) is 2. The molecule has 0 aliphatic heterocycles. The summed E-state index contributed by atoms with van der Waals surface area (Å²) in [4.78, 5) is 0. The minimum atomic E-state index is 0.352. The van der Waals surface area contributed by atoms with Crippen molar-refractivity contribution >= 4 is 17.4 Å². The quantitative estimate of drug-likeness (QED) is 0.659. The summed E-state index contributed by atoms with van der Waals surface area (Å²) in [5, 5.41) is 4.07. The molecule has 2 nitrogen and oxygen atoms in total. The van der Waals surface area contributed by atoms with E-state index in [0.29, 0.717) is 16.7 Å². The number of nitrogens with one attached hydrogen (secondary N) is 1. The van der Waals surface area contributed by atoms with E-state index in [4.69, 9.17) is 17.0 Å². The predicted octanol–water partition coefficient (Wildman–Crippen LogP) is 5.96. The molecule has 3 aliphatic carbocycles. The molecule has 3 saturated carbocycles.